The van der Waals surface area contributed by atoms with Crippen molar-refractivity contribution < 1.29 is 0 Å². The Morgan fingerprint density at radius 2 is 2.11 bits per heavy atom. The molecule has 1 N–H and O–H groups in total. The molecule has 0 spiro atoms. The van der Waals surface area contributed by atoms with Gasteiger partial charge in [-0.3, -0.25) is 4.99 Å². The van der Waals surface area contributed by atoms with Crippen LogP contribution in [0.2, 0.25) is 0 Å². The molecule has 1 aromatic rings. The van der Waals surface area contributed by atoms with Gasteiger partial charge in [0.15, 0.2) is 5.17 Å². The van der Waals surface area contributed by atoms with E-state index in [9.17, 15) is 0 Å². The van der Waals surface area contributed by atoms with Crippen molar-refractivity contribution in [2.24, 2.45) is 4.99 Å². The van der Waals surface area contributed by atoms with E-state index >= 15 is 0 Å². The maximum absolute atomic E-state index is 4.47. The molecule has 1 aromatic carbocycles. The molecule has 2 nitrogen and oxygen atoms in total. The molecule has 0 bridgehead atoms. The Morgan fingerprint density at radius 3 is 2.89 bits per heavy atom. The van der Waals surface area contributed by atoms with Crippen molar-refractivity contribution in [3.05, 3.63) is 35.4 Å². The average Bonchev–Trinajstić information content (AvgIpc) is 2.95. The molecule has 1 atom stereocenters. The number of nitrogens with one attached hydrogen (secondary N) is 1. The minimum Gasteiger partial charge on any atom is -0.358 e. The van der Waals surface area contributed by atoms with E-state index in [-0.39, 0.29) is 0 Å². The summed E-state index contributed by atoms with van der Waals surface area (Å²) in [6, 6.07) is 9.28. The first-order valence-electron chi connectivity index (χ1n) is 6.95. The lowest BCUT2D eigenvalue weighted by molar-refractivity contribution is 0.530. The Kier molecular flexibility index (Phi) is 5.12. The number of fused-ring (bicyclic) bond motifs is 1. The molecule has 1 aliphatic heterocycles. The molecule has 0 aromatic heterocycles. The minimum absolute atomic E-state index is 0.481. The monoisotopic (exact) mass is 262 g/mol. The number of benzene rings is 1. The third kappa shape index (κ3) is 3.08. The summed E-state index contributed by atoms with van der Waals surface area (Å²) < 4.78 is 0. The topological polar surface area (TPSA) is 24.4 Å². The molecule has 0 amide bonds. The Morgan fingerprint density at radius 1 is 1.28 bits per heavy atom. The number of aryl methyl sites for hydroxylation is 1. The third-order valence-corrected chi connectivity index (χ3v) is 4.16. The number of nitrogens with zero attached hydrogens (tertiary/aromatic N) is 1. The highest BCUT2D eigenvalue weighted by Crippen LogP contribution is 2.30. The molecule has 98 valence electrons. The lowest BCUT2D eigenvalue weighted by Crippen LogP contribution is -2.28. The zero-order chi connectivity index (χ0) is 12.8. The van der Waals surface area contributed by atoms with Crippen molar-refractivity contribution in [1.82, 2.24) is 5.32 Å². The van der Waals surface area contributed by atoms with Crippen molar-refractivity contribution in [1.29, 1.82) is 0 Å². The summed E-state index contributed by atoms with van der Waals surface area (Å²) in [6.07, 6.45) is 3.75. The maximum atomic E-state index is 4.47. The van der Waals surface area contributed by atoms with Gasteiger partial charge in [-0.05, 0) is 30.4 Å². The predicted octanol–water partition coefficient (Wildman–Crippen LogP) is 3.78. The van der Waals surface area contributed by atoms with Crippen LogP contribution in [-0.2, 0) is 6.42 Å². The first-order valence-corrected chi connectivity index (χ1v) is 7.93. The zero-order valence-electron chi connectivity index (χ0n) is 11.3. The summed E-state index contributed by atoms with van der Waals surface area (Å²) >= 11 is 1.85. The normalized spacial score (nSPS) is 21.4. The molecule has 18 heavy (non-hydrogen) atoms. The molecule has 0 fully saturated rings. The van der Waals surface area contributed by atoms with Crippen LogP contribution < -0.4 is 5.32 Å². The Balaban J connectivity index is 0.000000574. The van der Waals surface area contributed by atoms with Gasteiger partial charge >= 0.3 is 0 Å². The summed E-state index contributed by atoms with van der Waals surface area (Å²) in [6.45, 7) is 4.97. The van der Waals surface area contributed by atoms with E-state index < -0.39 is 0 Å². The molecule has 0 radical (unpaired) electrons. The van der Waals surface area contributed by atoms with Crippen LogP contribution in [0.5, 0.6) is 0 Å². The molecule has 3 heteroatoms. The highest BCUT2D eigenvalue weighted by Gasteiger charge is 2.21. The second-order valence-corrected chi connectivity index (χ2v) is 5.41. The van der Waals surface area contributed by atoms with Crippen LogP contribution in [0.1, 0.15) is 43.9 Å². The fourth-order valence-corrected chi connectivity index (χ4v) is 3.26. The van der Waals surface area contributed by atoms with Crippen LogP contribution in [0.4, 0.5) is 0 Å². The largest absolute Gasteiger partial charge is 0.358 e. The lowest BCUT2D eigenvalue weighted by Gasteiger charge is -2.26. The fourth-order valence-electron chi connectivity index (χ4n) is 2.48. The Bertz CT molecular complexity index is 415. The summed E-state index contributed by atoms with van der Waals surface area (Å²) in [4.78, 5) is 4.47. The molecule has 2 aliphatic rings. The molecular formula is C15H22N2S. The van der Waals surface area contributed by atoms with Gasteiger partial charge in [0.1, 0.15) is 0 Å². The first-order chi connectivity index (χ1) is 8.93. The molecule has 0 saturated carbocycles. The van der Waals surface area contributed by atoms with Crippen LogP contribution in [0, 0.1) is 0 Å². The standard InChI is InChI=1S/C13H16N2S.C2H6/c1-2-6-11-10(4-1)5-3-7-12(11)15-13-14-8-9-16-13;1-2/h1-2,4,6,12H,3,5,7-9H2,(H,14,15);1-2H3. The van der Waals surface area contributed by atoms with E-state index in [4.69, 9.17) is 0 Å². The van der Waals surface area contributed by atoms with Gasteiger partial charge in [-0.25, -0.2) is 0 Å². The summed E-state index contributed by atoms with van der Waals surface area (Å²) in [5, 5.41) is 4.73. The van der Waals surface area contributed by atoms with E-state index in [2.05, 4.69) is 34.6 Å². The summed E-state index contributed by atoms with van der Waals surface area (Å²) in [5.74, 6) is 1.14. The maximum Gasteiger partial charge on any atom is 0.157 e. The van der Waals surface area contributed by atoms with E-state index in [1.807, 2.05) is 25.6 Å². The first kappa shape index (κ1) is 13.5. The number of rotatable bonds is 1. The van der Waals surface area contributed by atoms with Crippen LogP contribution in [0.25, 0.3) is 0 Å². The molecule has 1 heterocycles. The van der Waals surface area contributed by atoms with Crippen molar-refractivity contribution in [3.63, 3.8) is 0 Å². The van der Waals surface area contributed by atoms with E-state index in [1.165, 1.54) is 30.4 Å². The quantitative estimate of drug-likeness (QED) is 0.833. The van der Waals surface area contributed by atoms with Crippen molar-refractivity contribution in [3.8, 4) is 0 Å². The molecule has 1 aliphatic carbocycles. The van der Waals surface area contributed by atoms with Crippen LogP contribution >= 0.6 is 11.8 Å². The van der Waals surface area contributed by atoms with Crippen LogP contribution in [0.3, 0.4) is 0 Å². The van der Waals surface area contributed by atoms with E-state index in [0.717, 1.165) is 17.5 Å². The van der Waals surface area contributed by atoms with Gasteiger partial charge in [0.05, 0.1) is 12.6 Å². The van der Waals surface area contributed by atoms with Gasteiger partial charge < -0.3 is 5.32 Å². The molecule has 1 unspecified atom stereocenters. The van der Waals surface area contributed by atoms with Crippen LogP contribution in [0.15, 0.2) is 29.3 Å². The zero-order valence-corrected chi connectivity index (χ0v) is 12.1. The number of amidine groups is 1. The second-order valence-electron chi connectivity index (χ2n) is 4.32. The van der Waals surface area contributed by atoms with Gasteiger partial charge in [-0.1, -0.05) is 49.9 Å². The Labute approximate surface area is 114 Å². The summed E-state index contributed by atoms with van der Waals surface area (Å²) in [7, 11) is 0. The van der Waals surface area contributed by atoms with Crippen molar-refractivity contribution >= 4 is 16.9 Å². The number of hydrogen-bond acceptors (Lipinski definition) is 3. The smallest absolute Gasteiger partial charge is 0.157 e. The van der Waals surface area contributed by atoms with Gasteiger partial charge in [-0.2, -0.15) is 0 Å². The van der Waals surface area contributed by atoms with E-state index in [0.29, 0.717) is 6.04 Å². The van der Waals surface area contributed by atoms with Gasteiger partial charge in [-0.15, -0.1) is 0 Å². The number of thioether (sulfide) groups is 1. The second kappa shape index (κ2) is 6.83. The summed E-state index contributed by atoms with van der Waals surface area (Å²) in [5.41, 5.74) is 2.98. The van der Waals surface area contributed by atoms with Crippen LogP contribution in [-0.4, -0.2) is 17.5 Å². The SMILES string of the molecule is CC.c1ccc2c(c1)CCCC2NC1=NCCS1. The van der Waals surface area contributed by atoms with Gasteiger partial charge in [0.2, 0.25) is 0 Å². The molecule has 3 rings (SSSR count). The van der Waals surface area contributed by atoms with Crippen molar-refractivity contribution in [2.75, 3.05) is 12.3 Å². The Hall–Kier alpha value is -0.960. The van der Waals surface area contributed by atoms with E-state index in [1.54, 1.807) is 0 Å². The lowest BCUT2D eigenvalue weighted by atomic mass is 9.88. The number of aliphatic imine (C=N–C) groups is 1. The fraction of sp³-hybridized carbons (Fsp3) is 0.533. The third-order valence-electron chi connectivity index (χ3n) is 3.25. The highest BCUT2D eigenvalue weighted by atomic mass is 32.2. The predicted molar refractivity (Wildman–Crippen MR) is 81.4 cm³/mol. The van der Waals surface area contributed by atoms with Gasteiger partial charge in [0.25, 0.3) is 0 Å². The highest BCUT2D eigenvalue weighted by molar-refractivity contribution is 8.14. The molecule has 0 saturated heterocycles. The van der Waals surface area contributed by atoms with Crippen molar-refractivity contribution in [2.45, 2.75) is 39.2 Å². The average molecular weight is 262 g/mol. The number of hydrogen-bond donors (Lipinski definition) is 1. The van der Waals surface area contributed by atoms with Gasteiger partial charge in [0, 0.05) is 5.75 Å². The minimum atomic E-state index is 0.481. The molecular weight excluding hydrogens is 240 g/mol.